The van der Waals surface area contributed by atoms with Crippen LogP contribution < -0.4 is 10.9 Å². The summed E-state index contributed by atoms with van der Waals surface area (Å²) in [5.41, 5.74) is 2.86. The molecule has 0 spiro atoms. The van der Waals surface area contributed by atoms with Gasteiger partial charge in [0.15, 0.2) is 0 Å². The number of carboxylic acids is 1. The molecular weight excluding hydrogens is 386 g/mol. The van der Waals surface area contributed by atoms with Crippen molar-refractivity contribution in [3.05, 3.63) is 35.4 Å². The van der Waals surface area contributed by atoms with Crippen molar-refractivity contribution in [2.45, 2.75) is 37.9 Å². The number of carbonyl (C=O) groups is 2. The first-order valence-electron chi connectivity index (χ1n) is 7.18. The summed E-state index contributed by atoms with van der Waals surface area (Å²) in [7, 11) is 0. The van der Waals surface area contributed by atoms with Crippen LogP contribution in [-0.2, 0) is 10.5 Å². The highest BCUT2D eigenvalue weighted by atomic mass is 19.4. The van der Waals surface area contributed by atoms with Crippen molar-refractivity contribution < 1.29 is 41.0 Å². The van der Waals surface area contributed by atoms with E-state index in [1.54, 1.807) is 0 Å². The number of hydrogen-bond donors (Lipinski definition) is 3. The molecule has 13 heteroatoms. The van der Waals surface area contributed by atoms with Crippen molar-refractivity contribution in [1.82, 2.24) is 10.9 Å². The van der Waals surface area contributed by atoms with Crippen molar-refractivity contribution in [1.29, 1.82) is 0 Å². The molecule has 1 aromatic carbocycles. The fourth-order valence-electron chi connectivity index (χ4n) is 1.58. The van der Waals surface area contributed by atoms with Gasteiger partial charge in [0.25, 0.3) is 5.91 Å². The third-order valence-corrected chi connectivity index (χ3v) is 2.96. The summed E-state index contributed by atoms with van der Waals surface area (Å²) in [4.78, 5) is 20.6. The largest absolute Gasteiger partial charge is 0.490 e. The van der Waals surface area contributed by atoms with Gasteiger partial charge in [0, 0.05) is 17.2 Å². The van der Waals surface area contributed by atoms with Crippen LogP contribution in [0.3, 0.4) is 0 Å². The predicted molar refractivity (Wildman–Crippen MR) is 78.5 cm³/mol. The van der Waals surface area contributed by atoms with E-state index >= 15 is 0 Å². The minimum Gasteiger partial charge on any atom is -0.475 e. The van der Waals surface area contributed by atoms with Gasteiger partial charge in [-0.1, -0.05) is 12.1 Å². The van der Waals surface area contributed by atoms with Crippen molar-refractivity contribution in [2.24, 2.45) is 10.2 Å². The normalized spacial score (nSPS) is 15.0. The first-order chi connectivity index (χ1) is 12.2. The van der Waals surface area contributed by atoms with E-state index in [1.165, 1.54) is 24.3 Å². The quantitative estimate of drug-likeness (QED) is 0.534. The van der Waals surface area contributed by atoms with Gasteiger partial charge in [-0.15, -0.1) is 10.2 Å². The van der Waals surface area contributed by atoms with Crippen molar-refractivity contribution >= 4 is 11.9 Å². The summed E-state index contributed by atoms with van der Waals surface area (Å²) < 4.78 is 70.1. The molecule has 0 aromatic heterocycles. The Hall–Kier alpha value is -2.70. The van der Waals surface area contributed by atoms with E-state index in [9.17, 15) is 31.1 Å². The van der Waals surface area contributed by atoms with Crippen LogP contribution in [-0.4, -0.2) is 35.4 Å². The van der Waals surface area contributed by atoms with E-state index in [1.807, 2.05) is 13.8 Å². The maximum Gasteiger partial charge on any atom is 0.490 e. The van der Waals surface area contributed by atoms with E-state index in [2.05, 4.69) is 21.1 Å². The molecule has 150 valence electrons. The van der Waals surface area contributed by atoms with E-state index in [-0.39, 0.29) is 17.2 Å². The van der Waals surface area contributed by atoms with Gasteiger partial charge in [0.1, 0.15) is 0 Å². The molecule has 0 saturated heterocycles. The molecule has 1 aliphatic rings. The Labute approximate surface area is 148 Å². The molecule has 1 aromatic rings. The highest BCUT2D eigenvalue weighted by Gasteiger charge is 2.65. The Morgan fingerprint density at radius 1 is 1.04 bits per heavy atom. The average Bonchev–Trinajstić information content (AvgIpc) is 3.34. The molecule has 3 N–H and O–H groups in total. The molecule has 0 saturated carbocycles. The Kier molecular flexibility index (Phi) is 6.54. The third kappa shape index (κ3) is 5.91. The lowest BCUT2D eigenvalue weighted by Crippen LogP contribution is -2.41. The zero-order chi connectivity index (χ0) is 21.0. The molecule has 27 heavy (non-hydrogen) atoms. The van der Waals surface area contributed by atoms with Crippen molar-refractivity contribution in [3.8, 4) is 0 Å². The number of halogens is 6. The molecule has 0 bridgehead atoms. The van der Waals surface area contributed by atoms with Gasteiger partial charge >= 0.3 is 24.0 Å². The number of carboxylic acid groups (broad SMARTS) is 1. The molecule has 1 heterocycles. The van der Waals surface area contributed by atoms with Gasteiger partial charge < -0.3 is 5.11 Å². The topological polar surface area (TPSA) is 103 Å². The van der Waals surface area contributed by atoms with E-state index < -0.39 is 29.9 Å². The average molecular weight is 400 g/mol. The Balaban J connectivity index is 0.000000445. The number of aliphatic carboxylic acids is 1. The molecule has 0 unspecified atom stereocenters. The van der Waals surface area contributed by atoms with Crippen LogP contribution in [0.4, 0.5) is 26.3 Å². The van der Waals surface area contributed by atoms with Gasteiger partial charge in [-0.3, -0.25) is 10.2 Å². The van der Waals surface area contributed by atoms with Crippen LogP contribution in [0, 0.1) is 0 Å². The highest BCUT2D eigenvalue weighted by molar-refractivity contribution is 5.93. The predicted octanol–water partition coefficient (Wildman–Crippen LogP) is 3.14. The minimum atomic E-state index is -5.08. The number of hydrogen-bond acceptors (Lipinski definition) is 5. The Morgan fingerprint density at radius 3 is 1.78 bits per heavy atom. The SMILES string of the molecule is CC(C)NNC(=O)c1ccc(C2(C(F)(F)F)N=N2)cc1.O=C(O)C(F)(F)F. The van der Waals surface area contributed by atoms with Crippen LogP contribution in [0.5, 0.6) is 0 Å². The fourth-order valence-corrected chi connectivity index (χ4v) is 1.58. The Morgan fingerprint density at radius 2 is 1.48 bits per heavy atom. The number of carbonyl (C=O) groups excluding carboxylic acids is 1. The summed E-state index contributed by atoms with van der Waals surface area (Å²) in [6, 6.07) is 5.08. The maximum atomic E-state index is 12.8. The van der Waals surface area contributed by atoms with Gasteiger partial charge in [0.2, 0.25) is 0 Å². The lowest BCUT2D eigenvalue weighted by atomic mass is 10.0. The number of nitrogens with zero attached hydrogens (tertiary/aromatic N) is 2. The molecule has 1 aliphatic heterocycles. The number of benzene rings is 1. The number of hydrazine groups is 1. The smallest absolute Gasteiger partial charge is 0.475 e. The molecule has 0 fully saturated rings. The van der Waals surface area contributed by atoms with Crippen LogP contribution in [0.25, 0.3) is 0 Å². The van der Waals surface area contributed by atoms with Crippen LogP contribution in [0.1, 0.15) is 29.8 Å². The lowest BCUT2D eigenvalue weighted by Gasteiger charge is -2.15. The summed E-state index contributed by atoms with van der Waals surface area (Å²) in [6.45, 7) is 3.68. The molecular formula is C14H14F6N4O3. The maximum absolute atomic E-state index is 12.8. The number of alkyl halides is 6. The first-order valence-corrected chi connectivity index (χ1v) is 7.18. The molecule has 1 amide bonds. The van der Waals surface area contributed by atoms with E-state index in [4.69, 9.17) is 9.90 Å². The van der Waals surface area contributed by atoms with Gasteiger partial charge in [-0.25, -0.2) is 10.2 Å². The van der Waals surface area contributed by atoms with Crippen molar-refractivity contribution in [3.63, 3.8) is 0 Å². The molecule has 2 rings (SSSR count). The van der Waals surface area contributed by atoms with Gasteiger partial charge in [-0.05, 0) is 26.0 Å². The van der Waals surface area contributed by atoms with Crippen LogP contribution >= 0.6 is 0 Å². The van der Waals surface area contributed by atoms with Gasteiger partial charge in [0.05, 0.1) is 0 Å². The molecule has 0 radical (unpaired) electrons. The molecule has 0 atom stereocenters. The van der Waals surface area contributed by atoms with E-state index in [0.29, 0.717) is 0 Å². The summed E-state index contributed by atoms with van der Waals surface area (Å²) in [6.07, 6.45) is -9.64. The van der Waals surface area contributed by atoms with Crippen molar-refractivity contribution in [2.75, 3.05) is 0 Å². The molecule has 7 nitrogen and oxygen atoms in total. The first kappa shape index (κ1) is 22.3. The zero-order valence-corrected chi connectivity index (χ0v) is 13.8. The number of amides is 1. The summed E-state index contributed by atoms with van der Waals surface area (Å²) in [5, 5.41) is 13.3. The Bertz CT molecular complexity index is 707. The summed E-state index contributed by atoms with van der Waals surface area (Å²) >= 11 is 0. The molecule has 0 aliphatic carbocycles. The third-order valence-electron chi connectivity index (χ3n) is 2.96. The zero-order valence-electron chi connectivity index (χ0n) is 13.8. The monoisotopic (exact) mass is 400 g/mol. The highest BCUT2D eigenvalue weighted by Crippen LogP contribution is 2.52. The van der Waals surface area contributed by atoms with Crippen LogP contribution in [0.2, 0.25) is 0 Å². The lowest BCUT2D eigenvalue weighted by molar-refractivity contribution is -0.192. The van der Waals surface area contributed by atoms with E-state index in [0.717, 1.165) is 0 Å². The fraction of sp³-hybridized carbons (Fsp3) is 0.429. The standard InChI is InChI=1S/C12H13F3N4O.C2HF3O2/c1-7(2)16-17-10(20)8-3-5-9(6-4-8)11(18-19-11)12(13,14)15;3-2(4,5)1(6)7/h3-7,16H,1-2H3,(H,17,20);(H,6,7). The number of rotatable bonds is 4. The second kappa shape index (κ2) is 7.90. The second-order valence-electron chi connectivity index (χ2n) is 5.50. The summed E-state index contributed by atoms with van der Waals surface area (Å²) in [5.74, 6) is -3.18. The second-order valence-corrected chi connectivity index (χ2v) is 5.50. The minimum absolute atomic E-state index is 0.0517. The van der Waals surface area contributed by atoms with Gasteiger partial charge in [-0.2, -0.15) is 26.3 Å². The number of nitrogens with one attached hydrogen (secondary N) is 2. The van der Waals surface area contributed by atoms with Crippen LogP contribution in [0.15, 0.2) is 34.5 Å².